The van der Waals surface area contributed by atoms with Gasteiger partial charge in [-0.2, -0.15) is 0 Å². The SMILES string of the molecule is CCN(CCc1ccncc1)C(=O)C(=O)N(CCOC)C1CCS(=O)(=O)C1. The van der Waals surface area contributed by atoms with Crippen molar-refractivity contribution in [2.45, 2.75) is 25.8 Å². The van der Waals surface area contributed by atoms with E-state index in [2.05, 4.69) is 4.98 Å². The van der Waals surface area contributed by atoms with E-state index in [1.165, 1.54) is 16.9 Å². The van der Waals surface area contributed by atoms with Crippen molar-refractivity contribution in [2.24, 2.45) is 0 Å². The van der Waals surface area contributed by atoms with E-state index in [9.17, 15) is 18.0 Å². The molecule has 1 fully saturated rings. The van der Waals surface area contributed by atoms with Crippen LogP contribution in [0.2, 0.25) is 0 Å². The Morgan fingerprint density at radius 1 is 1.22 bits per heavy atom. The van der Waals surface area contributed by atoms with E-state index in [0.717, 1.165) is 5.56 Å². The summed E-state index contributed by atoms with van der Waals surface area (Å²) in [5.74, 6) is -1.32. The van der Waals surface area contributed by atoms with Gasteiger partial charge in [-0.05, 0) is 37.5 Å². The molecule has 1 aliphatic rings. The molecule has 0 N–H and O–H groups in total. The third kappa shape index (κ3) is 6.00. The Labute approximate surface area is 160 Å². The lowest BCUT2D eigenvalue weighted by Gasteiger charge is -2.30. The molecule has 1 aliphatic heterocycles. The maximum atomic E-state index is 12.8. The summed E-state index contributed by atoms with van der Waals surface area (Å²) >= 11 is 0. The topological polar surface area (TPSA) is 96.9 Å². The van der Waals surface area contributed by atoms with Crippen molar-refractivity contribution < 1.29 is 22.7 Å². The fraction of sp³-hybridized carbons (Fsp3) is 0.611. The van der Waals surface area contributed by atoms with Gasteiger partial charge in [-0.3, -0.25) is 14.6 Å². The van der Waals surface area contributed by atoms with Crippen LogP contribution >= 0.6 is 0 Å². The van der Waals surface area contributed by atoms with Crippen molar-refractivity contribution in [1.82, 2.24) is 14.8 Å². The quantitative estimate of drug-likeness (QED) is 0.579. The lowest BCUT2D eigenvalue weighted by Crippen LogP contribution is -2.51. The summed E-state index contributed by atoms with van der Waals surface area (Å²) in [4.78, 5) is 32.4. The summed E-state index contributed by atoms with van der Waals surface area (Å²) in [5.41, 5.74) is 1.03. The minimum atomic E-state index is -3.16. The lowest BCUT2D eigenvalue weighted by molar-refractivity contribution is -0.153. The Bertz CT molecular complexity index is 739. The van der Waals surface area contributed by atoms with Crippen LogP contribution in [0.4, 0.5) is 0 Å². The molecule has 0 bridgehead atoms. The van der Waals surface area contributed by atoms with Crippen LogP contribution in [0.15, 0.2) is 24.5 Å². The molecule has 27 heavy (non-hydrogen) atoms. The van der Waals surface area contributed by atoms with Crippen LogP contribution in [-0.4, -0.2) is 85.9 Å². The van der Waals surface area contributed by atoms with Crippen molar-refractivity contribution in [3.05, 3.63) is 30.1 Å². The Kier molecular flexibility index (Phi) is 7.73. The first kappa shape index (κ1) is 21.3. The third-order valence-electron chi connectivity index (χ3n) is 4.72. The fourth-order valence-electron chi connectivity index (χ4n) is 3.14. The molecule has 0 aromatic carbocycles. The smallest absolute Gasteiger partial charge is 0.312 e. The van der Waals surface area contributed by atoms with E-state index in [0.29, 0.717) is 25.9 Å². The molecule has 1 saturated heterocycles. The van der Waals surface area contributed by atoms with Crippen LogP contribution in [-0.2, 0) is 30.6 Å². The number of hydrogen-bond donors (Lipinski definition) is 0. The zero-order valence-electron chi connectivity index (χ0n) is 15.8. The minimum absolute atomic E-state index is 0.0438. The first-order valence-electron chi connectivity index (χ1n) is 9.06. The van der Waals surface area contributed by atoms with E-state index >= 15 is 0 Å². The number of aromatic nitrogens is 1. The Morgan fingerprint density at radius 2 is 1.93 bits per heavy atom. The van der Waals surface area contributed by atoms with Gasteiger partial charge in [0.15, 0.2) is 9.84 Å². The molecule has 2 amide bonds. The second kappa shape index (κ2) is 9.80. The minimum Gasteiger partial charge on any atom is -0.383 e. The normalized spacial score (nSPS) is 18.2. The lowest BCUT2D eigenvalue weighted by atomic mass is 10.2. The summed E-state index contributed by atoms with van der Waals surface area (Å²) in [7, 11) is -1.66. The van der Waals surface area contributed by atoms with Gasteiger partial charge in [0.05, 0.1) is 18.1 Å². The molecule has 0 aliphatic carbocycles. The average Bonchev–Trinajstić information content (AvgIpc) is 3.02. The molecule has 0 spiro atoms. The van der Waals surface area contributed by atoms with Crippen molar-refractivity contribution in [1.29, 1.82) is 0 Å². The largest absolute Gasteiger partial charge is 0.383 e. The highest BCUT2D eigenvalue weighted by Crippen LogP contribution is 2.18. The zero-order valence-corrected chi connectivity index (χ0v) is 16.7. The fourth-order valence-corrected chi connectivity index (χ4v) is 4.87. The monoisotopic (exact) mass is 397 g/mol. The van der Waals surface area contributed by atoms with E-state index in [1.54, 1.807) is 12.4 Å². The van der Waals surface area contributed by atoms with E-state index in [4.69, 9.17) is 4.74 Å². The first-order valence-corrected chi connectivity index (χ1v) is 10.9. The molecule has 1 aromatic rings. The van der Waals surface area contributed by atoms with Gasteiger partial charge in [0.1, 0.15) is 0 Å². The Hall–Kier alpha value is -2.00. The predicted octanol–water partition coefficient (Wildman–Crippen LogP) is 0.135. The number of hydrogen-bond acceptors (Lipinski definition) is 6. The van der Waals surface area contributed by atoms with Gasteiger partial charge >= 0.3 is 11.8 Å². The van der Waals surface area contributed by atoms with Gasteiger partial charge in [0.25, 0.3) is 0 Å². The molecule has 0 saturated carbocycles. The molecule has 1 unspecified atom stereocenters. The van der Waals surface area contributed by atoms with Crippen LogP contribution in [0.3, 0.4) is 0 Å². The first-order chi connectivity index (χ1) is 12.9. The second-order valence-electron chi connectivity index (χ2n) is 6.54. The predicted molar refractivity (Wildman–Crippen MR) is 101 cm³/mol. The van der Waals surface area contributed by atoms with E-state index in [1.807, 2.05) is 19.1 Å². The zero-order chi connectivity index (χ0) is 19.9. The highest BCUT2D eigenvalue weighted by molar-refractivity contribution is 7.91. The number of carbonyl (C=O) groups excluding carboxylic acids is 2. The Morgan fingerprint density at radius 3 is 2.48 bits per heavy atom. The number of ether oxygens (including phenoxy) is 1. The van der Waals surface area contributed by atoms with Crippen LogP contribution in [0.1, 0.15) is 18.9 Å². The van der Waals surface area contributed by atoms with Crippen molar-refractivity contribution in [2.75, 3.05) is 44.9 Å². The molecule has 150 valence electrons. The van der Waals surface area contributed by atoms with Crippen LogP contribution < -0.4 is 0 Å². The molecular weight excluding hydrogens is 370 g/mol. The molecular formula is C18H27N3O5S. The number of nitrogens with zero attached hydrogens (tertiary/aromatic N) is 3. The summed E-state index contributed by atoms with van der Waals surface area (Å²) in [6.45, 7) is 3.07. The van der Waals surface area contributed by atoms with Gasteiger partial charge in [-0.1, -0.05) is 0 Å². The summed E-state index contributed by atoms with van der Waals surface area (Å²) in [5, 5.41) is 0. The van der Waals surface area contributed by atoms with Gasteiger partial charge in [0, 0.05) is 45.2 Å². The molecule has 2 heterocycles. The summed E-state index contributed by atoms with van der Waals surface area (Å²) in [6.07, 6.45) is 4.34. The number of carbonyl (C=O) groups is 2. The average molecular weight is 397 g/mol. The highest BCUT2D eigenvalue weighted by Gasteiger charge is 2.37. The number of pyridine rings is 1. The number of sulfone groups is 1. The van der Waals surface area contributed by atoms with Crippen molar-refractivity contribution in [3.63, 3.8) is 0 Å². The molecule has 1 aromatic heterocycles. The van der Waals surface area contributed by atoms with Crippen molar-refractivity contribution >= 4 is 21.7 Å². The number of amides is 2. The maximum absolute atomic E-state index is 12.8. The molecule has 0 radical (unpaired) electrons. The number of methoxy groups -OCH3 is 1. The molecule has 9 heteroatoms. The van der Waals surface area contributed by atoms with Gasteiger partial charge in [-0.25, -0.2) is 8.42 Å². The highest BCUT2D eigenvalue weighted by atomic mass is 32.2. The van der Waals surface area contributed by atoms with Gasteiger partial charge in [-0.15, -0.1) is 0 Å². The Balaban J connectivity index is 2.05. The van der Waals surface area contributed by atoms with Crippen LogP contribution in [0, 0.1) is 0 Å². The number of rotatable bonds is 8. The van der Waals surface area contributed by atoms with Crippen molar-refractivity contribution in [3.8, 4) is 0 Å². The summed E-state index contributed by atoms with van der Waals surface area (Å²) < 4.78 is 28.6. The van der Waals surface area contributed by atoms with Gasteiger partial charge < -0.3 is 14.5 Å². The molecule has 1 atom stereocenters. The standard InChI is InChI=1S/C18H27N3O5S/c1-3-20(10-6-15-4-8-19-9-5-15)17(22)18(23)21(11-12-26-2)16-7-13-27(24,25)14-16/h4-5,8-9,16H,3,6-7,10-14H2,1-2H3. The van der Waals surface area contributed by atoms with Gasteiger partial charge in [0.2, 0.25) is 0 Å². The molecule has 2 rings (SSSR count). The number of likely N-dealkylation sites (N-methyl/N-ethyl adjacent to an activating group) is 1. The molecule has 8 nitrogen and oxygen atoms in total. The van der Waals surface area contributed by atoms with Crippen LogP contribution in [0.5, 0.6) is 0 Å². The third-order valence-corrected chi connectivity index (χ3v) is 6.47. The maximum Gasteiger partial charge on any atom is 0.312 e. The van der Waals surface area contributed by atoms with E-state index in [-0.39, 0.29) is 24.7 Å². The second-order valence-corrected chi connectivity index (χ2v) is 8.77. The van der Waals surface area contributed by atoms with E-state index < -0.39 is 27.7 Å². The van der Waals surface area contributed by atoms with Crippen LogP contribution in [0.25, 0.3) is 0 Å². The summed E-state index contributed by atoms with van der Waals surface area (Å²) in [6, 6.07) is 3.27.